The molecule has 86 valence electrons. The van der Waals surface area contributed by atoms with E-state index in [-0.39, 0.29) is 11.8 Å². The van der Waals surface area contributed by atoms with E-state index in [0.717, 1.165) is 4.90 Å². The van der Waals surface area contributed by atoms with Gasteiger partial charge in [0.2, 0.25) is 5.91 Å². The maximum Gasteiger partial charge on any atom is 0.416 e. The fraction of sp³-hybridized carbons (Fsp3) is 0.636. The number of rotatable bonds is 3. The predicted octanol–water partition coefficient (Wildman–Crippen LogP) is 2.20. The van der Waals surface area contributed by atoms with E-state index in [4.69, 9.17) is 0 Å². The third-order valence-electron chi connectivity index (χ3n) is 1.97. The highest BCUT2D eigenvalue weighted by atomic mass is 16.6. The van der Waals surface area contributed by atoms with Gasteiger partial charge in [-0.2, -0.15) is 0 Å². The molecule has 0 spiro atoms. The summed E-state index contributed by atoms with van der Waals surface area (Å²) in [4.78, 5) is 23.7. The molecule has 0 radical (unpaired) electrons. The molecule has 2 amide bonds. The minimum atomic E-state index is -0.527. The largest absolute Gasteiger partial charge is 0.447 e. The van der Waals surface area contributed by atoms with Crippen molar-refractivity contribution in [3.05, 3.63) is 12.7 Å². The van der Waals surface area contributed by atoms with Crippen LogP contribution < -0.4 is 0 Å². The summed E-state index contributed by atoms with van der Waals surface area (Å²) in [5.41, 5.74) is 0. The minimum Gasteiger partial charge on any atom is -0.447 e. The molecule has 4 heteroatoms. The standard InChI is InChI=1S/C9H13NO3.C2H6/c1-3-4-7(2)8(11)10-5-6-13-9(10)12;1-2/h3,7H,1,4-6H2,2H3;1-2H3. The van der Waals surface area contributed by atoms with E-state index in [1.54, 1.807) is 13.0 Å². The summed E-state index contributed by atoms with van der Waals surface area (Å²) in [6, 6.07) is 0. The molecular weight excluding hydrogens is 194 g/mol. The number of allylic oxidation sites excluding steroid dienone is 1. The van der Waals surface area contributed by atoms with Gasteiger partial charge in [0.1, 0.15) is 6.61 Å². The number of imide groups is 1. The van der Waals surface area contributed by atoms with Gasteiger partial charge in [-0.05, 0) is 6.42 Å². The number of nitrogens with zero attached hydrogens (tertiary/aromatic N) is 1. The second-order valence-corrected chi connectivity index (χ2v) is 3.03. The third-order valence-corrected chi connectivity index (χ3v) is 1.97. The third kappa shape index (κ3) is 3.73. The van der Waals surface area contributed by atoms with Gasteiger partial charge < -0.3 is 4.74 Å². The number of carbonyl (C=O) groups excluding carboxylic acids is 2. The van der Waals surface area contributed by atoms with E-state index in [1.165, 1.54) is 0 Å². The van der Waals surface area contributed by atoms with Gasteiger partial charge in [-0.15, -0.1) is 6.58 Å². The summed E-state index contributed by atoms with van der Waals surface area (Å²) in [5.74, 6) is -0.370. The molecule has 1 rings (SSSR count). The Hall–Kier alpha value is -1.32. The highest BCUT2D eigenvalue weighted by Gasteiger charge is 2.30. The van der Waals surface area contributed by atoms with Gasteiger partial charge in [-0.1, -0.05) is 26.8 Å². The second-order valence-electron chi connectivity index (χ2n) is 3.03. The van der Waals surface area contributed by atoms with Crippen LogP contribution in [0.25, 0.3) is 0 Å². The average molecular weight is 213 g/mol. The van der Waals surface area contributed by atoms with Gasteiger partial charge in [-0.25, -0.2) is 9.69 Å². The minimum absolute atomic E-state index is 0.178. The number of cyclic esters (lactones) is 1. The van der Waals surface area contributed by atoms with Crippen molar-refractivity contribution in [1.82, 2.24) is 4.90 Å². The van der Waals surface area contributed by atoms with Crippen molar-refractivity contribution in [2.75, 3.05) is 13.2 Å². The van der Waals surface area contributed by atoms with Crippen LogP contribution in [0, 0.1) is 5.92 Å². The molecule has 1 fully saturated rings. The average Bonchev–Trinajstić information content (AvgIpc) is 2.67. The van der Waals surface area contributed by atoms with Gasteiger partial charge in [0, 0.05) is 5.92 Å². The maximum absolute atomic E-state index is 11.5. The van der Waals surface area contributed by atoms with Crippen LogP contribution in [0.4, 0.5) is 4.79 Å². The molecule has 4 nitrogen and oxygen atoms in total. The number of ether oxygens (including phenoxy) is 1. The molecule has 1 atom stereocenters. The lowest BCUT2D eigenvalue weighted by Gasteiger charge is -2.14. The Morgan fingerprint density at radius 3 is 2.67 bits per heavy atom. The maximum atomic E-state index is 11.5. The molecule has 1 aliphatic heterocycles. The molecule has 0 aromatic heterocycles. The monoisotopic (exact) mass is 213 g/mol. The molecule has 0 aromatic carbocycles. The smallest absolute Gasteiger partial charge is 0.416 e. The summed E-state index contributed by atoms with van der Waals surface area (Å²) in [5, 5.41) is 0. The van der Waals surface area contributed by atoms with E-state index in [1.807, 2.05) is 13.8 Å². The number of amides is 2. The van der Waals surface area contributed by atoms with Gasteiger partial charge in [0.15, 0.2) is 0 Å². The zero-order valence-electron chi connectivity index (χ0n) is 9.66. The molecule has 1 heterocycles. The first-order valence-electron chi connectivity index (χ1n) is 5.26. The van der Waals surface area contributed by atoms with E-state index in [0.29, 0.717) is 19.6 Å². The summed E-state index contributed by atoms with van der Waals surface area (Å²) in [6.07, 6.45) is 1.73. The Morgan fingerprint density at radius 2 is 2.27 bits per heavy atom. The summed E-state index contributed by atoms with van der Waals surface area (Å²) in [6.45, 7) is 10.0. The lowest BCUT2D eigenvalue weighted by molar-refractivity contribution is -0.131. The number of hydrogen-bond acceptors (Lipinski definition) is 3. The summed E-state index contributed by atoms with van der Waals surface area (Å²) < 4.78 is 4.66. The van der Waals surface area contributed by atoms with Crippen LogP contribution in [0.5, 0.6) is 0 Å². The van der Waals surface area contributed by atoms with Crippen LogP contribution >= 0.6 is 0 Å². The van der Waals surface area contributed by atoms with Crippen molar-refractivity contribution in [1.29, 1.82) is 0 Å². The van der Waals surface area contributed by atoms with Crippen molar-refractivity contribution in [2.24, 2.45) is 5.92 Å². The SMILES string of the molecule is C=CCC(C)C(=O)N1CCOC1=O.CC. The molecule has 1 saturated heterocycles. The topological polar surface area (TPSA) is 46.6 Å². The van der Waals surface area contributed by atoms with Gasteiger partial charge >= 0.3 is 6.09 Å². The van der Waals surface area contributed by atoms with Crippen LogP contribution in [-0.2, 0) is 9.53 Å². The fourth-order valence-corrected chi connectivity index (χ4v) is 1.21. The number of carbonyl (C=O) groups is 2. The van der Waals surface area contributed by atoms with Crippen molar-refractivity contribution in [2.45, 2.75) is 27.2 Å². The number of hydrogen-bond donors (Lipinski definition) is 0. The van der Waals surface area contributed by atoms with Crippen LogP contribution in [-0.4, -0.2) is 30.1 Å². The highest BCUT2D eigenvalue weighted by Crippen LogP contribution is 2.12. The first-order valence-corrected chi connectivity index (χ1v) is 5.26. The first-order chi connectivity index (χ1) is 7.16. The first kappa shape index (κ1) is 13.7. The van der Waals surface area contributed by atoms with Gasteiger partial charge in [0.05, 0.1) is 6.54 Å². The molecule has 1 unspecified atom stereocenters. The molecule has 1 aliphatic rings. The van der Waals surface area contributed by atoms with Gasteiger partial charge in [-0.3, -0.25) is 4.79 Å². The van der Waals surface area contributed by atoms with Crippen LogP contribution in [0.1, 0.15) is 27.2 Å². The van der Waals surface area contributed by atoms with Crippen molar-refractivity contribution in [3.63, 3.8) is 0 Å². The molecule has 15 heavy (non-hydrogen) atoms. The van der Waals surface area contributed by atoms with Gasteiger partial charge in [0.25, 0.3) is 0 Å². The van der Waals surface area contributed by atoms with Crippen molar-refractivity contribution in [3.8, 4) is 0 Å². The fourth-order valence-electron chi connectivity index (χ4n) is 1.21. The molecule has 0 N–H and O–H groups in total. The highest BCUT2D eigenvalue weighted by molar-refractivity contribution is 5.94. The van der Waals surface area contributed by atoms with Crippen LogP contribution in [0.3, 0.4) is 0 Å². The van der Waals surface area contributed by atoms with E-state index >= 15 is 0 Å². The zero-order chi connectivity index (χ0) is 11.8. The quantitative estimate of drug-likeness (QED) is 0.675. The Labute approximate surface area is 90.9 Å². The molecule has 0 aromatic rings. The zero-order valence-corrected chi connectivity index (χ0v) is 9.66. The Balaban J connectivity index is 0.000000921. The summed E-state index contributed by atoms with van der Waals surface area (Å²) in [7, 11) is 0. The van der Waals surface area contributed by atoms with E-state index < -0.39 is 6.09 Å². The Bertz CT molecular complexity index is 238. The Morgan fingerprint density at radius 1 is 1.67 bits per heavy atom. The van der Waals surface area contributed by atoms with E-state index in [2.05, 4.69) is 11.3 Å². The summed E-state index contributed by atoms with van der Waals surface area (Å²) >= 11 is 0. The molecule has 0 bridgehead atoms. The normalized spacial score (nSPS) is 16.2. The van der Waals surface area contributed by atoms with Crippen molar-refractivity contribution < 1.29 is 14.3 Å². The molecule has 0 aliphatic carbocycles. The lowest BCUT2D eigenvalue weighted by atomic mass is 10.1. The lowest BCUT2D eigenvalue weighted by Crippen LogP contribution is -2.35. The molecule has 0 saturated carbocycles. The van der Waals surface area contributed by atoms with Crippen LogP contribution in [0.2, 0.25) is 0 Å². The van der Waals surface area contributed by atoms with Crippen molar-refractivity contribution >= 4 is 12.0 Å². The van der Waals surface area contributed by atoms with E-state index in [9.17, 15) is 9.59 Å². The predicted molar refractivity (Wildman–Crippen MR) is 58.4 cm³/mol. The Kier molecular flexibility index (Phi) is 6.42. The van der Waals surface area contributed by atoms with Crippen LogP contribution in [0.15, 0.2) is 12.7 Å². The second kappa shape index (κ2) is 7.04. The molecular formula is C11H19NO3.